The number of carbonyl (C=O) groups excluding carboxylic acids is 2. The topological polar surface area (TPSA) is 67.2 Å². The van der Waals surface area contributed by atoms with Crippen molar-refractivity contribution < 1.29 is 9.59 Å². The van der Waals surface area contributed by atoms with Gasteiger partial charge in [0.05, 0.1) is 11.4 Å². The third-order valence-corrected chi connectivity index (χ3v) is 5.67. The van der Waals surface area contributed by atoms with E-state index in [0.29, 0.717) is 17.1 Å². The van der Waals surface area contributed by atoms with Crippen LogP contribution in [0.5, 0.6) is 0 Å². The summed E-state index contributed by atoms with van der Waals surface area (Å²) in [6.07, 6.45) is 2.15. The Labute approximate surface area is 203 Å². The third-order valence-electron chi connectivity index (χ3n) is 5.42. The fourth-order valence-electron chi connectivity index (χ4n) is 3.60. The van der Waals surface area contributed by atoms with Crippen LogP contribution >= 0.6 is 11.6 Å². The Hall–Kier alpha value is -3.90. The molecular formula is C27H25ClN4O2. The van der Waals surface area contributed by atoms with Gasteiger partial charge in [0.2, 0.25) is 5.91 Å². The van der Waals surface area contributed by atoms with Crippen LogP contribution in [-0.2, 0) is 11.3 Å². The first kappa shape index (κ1) is 23.3. The number of rotatable bonds is 8. The van der Waals surface area contributed by atoms with E-state index in [-0.39, 0.29) is 24.8 Å². The van der Waals surface area contributed by atoms with Crippen molar-refractivity contribution in [3.05, 3.63) is 107 Å². The molecule has 172 valence electrons. The second kappa shape index (κ2) is 10.8. The molecule has 3 aromatic carbocycles. The van der Waals surface area contributed by atoms with Crippen molar-refractivity contribution in [2.24, 2.45) is 0 Å². The Bertz CT molecular complexity index is 1260. The fourth-order valence-corrected chi connectivity index (χ4v) is 3.72. The smallest absolute Gasteiger partial charge is 0.251 e. The molecule has 7 heteroatoms. The average Bonchev–Trinajstić information content (AvgIpc) is 3.29. The quantitative estimate of drug-likeness (QED) is 0.393. The van der Waals surface area contributed by atoms with Crippen molar-refractivity contribution in [1.29, 1.82) is 0 Å². The molecule has 4 rings (SSSR count). The van der Waals surface area contributed by atoms with Crippen molar-refractivity contribution in [2.75, 3.05) is 13.6 Å². The van der Waals surface area contributed by atoms with E-state index in [1.54, 1.807) is 24.1 Å². The molecule has 0 radical (unpaired) electrons. The van der Waals surface area contributed by atoms with Gasteiger partial charge >= 0.3 is 0 Å². The van der Waals surface area contributed by atoms with Crippen LogP contribution in [0.25, 0.3) is 16.9 Å². The minimum absolute atomic E-state index is 0.0668. The number of hydrogen-bond acceptors (Lipinski definition) is 3. The first-order chi connectivity index (χ1) is 16.5. The molecule has 0 atom stereocenters. The number of carbonyl (C=O) groups is 2. The van der Waals surface area contributed by atoms with Crippen molar-refractivity contribution in [3.8, 4) is 16.9 Å². The summed E-state index contributed by atoms with van der Waals surface area (Å²) in [7, 11) is 1.76. The van der Waals surface area contributed by atoms with Crippen LogP contribution in [0.1, 0.15) is 22.3 Å². The van der Waals surface area contributed by atoms with Gasteiger partial charge in [-0.25, -0.2) is 4.68 Å². The van der Waals surface area contributed by atoms with Gasteiger partial charge in [-0.05, 0) is 36.4 Å². The van der Waals surface area contributed by atoms with Crippen LogP contribution in [0, 0.1) is 0 Å². The Morgan fingerprint density at radius 2 is 1.59 bits per heavy atom. The molecule has 0 unspecified atom stereocenters. The highest BCUT2D eigenvalue weighted by Crippen LogP contribution is 2.26. The molecule has 0 spiro atoms. The summed E-state index contributed by atoms with van der Waals surface area (Å²) in [6, 6.07) is 26.3. The van der Waals surface area contributed by atoms with Crippen molar-refractivity contribution in [1.82, 2.24) is 20.0 Å². The molecule has 1 aromatic heterocycles. The first-order valence-electron chi connectivity index (χ1n) is 11.0. The molecule has 1 heterocycles. The molecule has 0 fully saturated rings. The van der Waals surface area contributed by atoms with Crippen LogP contribution in [0.2, 0.25) is 5.02 Å². The van der Waals surface area contributed by atoms with E-state index in [9.17, 15) is 9.59 Å². The predicted octanol–water partition coefficient (Wildman–Crippen LogP) is 4.97. The number of nitrogens with one attached hydrogen (secondary N) is 1. The number of para-hydroxylation sites is 1. The zero-order chi connectivity index (χ0) is 23.9. The highest BCUT2D eigenvalue weighted by Gasteiger charge is 2.17. The van der Waals surface area contributed by atoms with Crippen molar-refractivity contribution >= 4 is 23.4 Å². The molecule has 0 aliphatic carbocycles. The third kappa shape index (κ3) is 5.71. The largest absolute Gasteiger partial charge is 0.352 e. The number of benzene rings is 3. The van der Waals surface area contributed by atoms with Crippen LogP contribution < -0.4 is 5.32 Å². The molecule has 1 N–H and O–H groups in total. The Balaban J connectivity index is 1.46. The van der Waals surface area contributed by atoms with Gasteiger partial charge in [-0.15, -0.1) is 0 Å². The molecule has 4 aromatic rings. The monoisotopic (exact) mass is 472 g/mol. The maximum atomic E-state index is 12.8. The zero-order valence-electron chi connectivity index (χ0n) is 18.8. The predicted molar refractivity (Wildman–Crippen MR) is 134 cm³/mol. The normalized spacial score (nSPS) is 10.6. The van der Waals surface area contributed by atoms with E-state index >= 15 is 0 Å². The van der Waals surface area contributed by atoms with Crippen molar-refractivity contribution in [3.63, 3.8) is 0 Å². The van der Waals surface area contributed by atoms with Gasteiger partial charge < -0.3 is 10.2 Å². The summed E-state index contributed by atoms with van der Waals surface area (Å²) >= 11 is 6.07. The first-order valence-corrected chi connectivity index (χ1v) is 11.4. The number of hydrogen-bond donors (Lipinski definition) is 1. The van der Waals surface area contributed by atoms with Crippen LogP contribution in [0.4, 0.5) is 0 Å². The van der Waals surface area contributed by atoms with Gasteiger partial charge in [-0.3, -0.25) is 9.59 Å². The van der Waals surface area contributed by atoms with Crippen LogP contribution in [0.3, 0.4) is 0 Å². The standard InChI is InChI=1S/C27H25ClN4O2/c1-31(25(33)16-17-29-27(34)21-8-4-2-5-9-21)18-22-19-32(24-10-6-3-7-11-24)30-26(22)20-12-14-23(28)15-13-20/h2-15,19H,16-18H2,1H3,(H,29,34). The van der Waals surface area contributed by atoms with Crippen LogP contribution in [-0.4, -0.2) is 40.1 Å². The van der Waals surface area contributed by atoms with Crippen molar-refractivity contribution in [2.45, 2.75) is 13.0 Å². The highest BCUT2D eigenvalue weighted by molar-refractivity contribution is 6.30. The lowest BCUT2D eigenvalue weighted by Gasteiger charge is -2.17. The lowest BCUT2D eigenvalue weighted by molar-refractivity contribution is -0.130. The van der Waals surface area contributed by atoms with Gasteiger partial charge in [-0.1, -0.05) is 60.1 Å². The molecule has 0 saturated heterocycles. The summed E-state index contributed by atoms with van der Waals surface area (Å²) in [5.74, 6) is -0.256. The van der Waals surface area contributed by atoms with E-state index < -0.39 is 0 Å². The maximum absolute atomic E-state index is 12.8. The van der Waals surface area contributed by atoms with Crippen LogP contribution in [0.15, 0.2) is 91.1 Å². The van der Waals surface area contributed by atoms with E-state index in [1.807, 2.05) is 83.7 Å². The Kier molecular flexibility index (Phi) is 7.40. The summed E-state index contributed by atoms with van der Waals surface area (Å²) in [4.78, 5) is 26.6. The lowest BCUT2D eigenvalue weighted by Crippen LogP contribution is -2.31. The van der Waals surface area contributed by atoms with Gasteiger partial charge in [0.25, 0.3) is 5.91 Å². The van der Waals surface area contributed by atoms with E-state index in [2.05, 4.69) is 5.32 Å². The van der Waals surface area contributed by atoms with E-state index in [4.69, 9.17) is 16.7 Å². The van der Waals surface area contributed by atoms with E-state index in [0.717, 1.165) is 22.5 Å². The summed E-state index contributed by atoms with van der Waals surface area (Å²) in [5.41, 5.74) is 4.13. The van der Waals surface area contributed by atoms with E-state index in [1.165, 1.54) is 0 Å². The summed E-state index contributed by atoms with van der Waals surface area (Å²) in [6.45, 7) is 0.653. The highest BCUT2D eigenvalue weighted by atomic mass is 35.5. The lowest BCUT2D eigenvalue weighted by atomic mass is 10.1. The molecule has 0 saturated carbocycles. The Morgan fingerprint density at radius 3 is 2.26 bits per heavy atom. The minimum Gasteiger partial charge on any atom is -0.352 e. The second-order valence-electron chi connectivity index (χ2n) is 7.91. The summed E-state index contributed by atoms with van der Waals surface area (Å²) in [5, 5.41) is 8.24. The minimum atomic E-state index is -0.190. The molecular weight excluding hydrogens is 448 g/mol. The number of amides is 2. The second-order valence-corrected chi connectivity index (χ2v) is 8.35. The maximum Gasteiger partial charge on any atom is 0.251 e. The molecule has 2 amide bonds. The number of halogens is 1. The number of aromatic nitrogens is 2. The SMILES string of the molecule is CN(Cc1cn(-c2ccccc2)nc1-c1ccc(Cl)cc1)C(=O)CCNC(=O)c1ccccc1. The molecule has 6 nitrogen and oxygen atoms in total. The molecule has 0 bridgehead atoms. The van der Waals surface area contributed by atoms with Gasteiger partial charge in [0, 0.05) is 54.5 Å². The fraction of sp³-hybridized carbons (Fsp3) is 0.148. The zero-order valence-corrected chi connectivity index (χ0v) is 19.6. The molecule has 34 heavy (non-hydrogen) atoms. The Morgan fingerprint density at radius 1 is 0.941 bits per heavy atom. The van der Waals surface area contributed by atoms with Gasteiger partial charge in [-0.2, -0.15) is 5.10 Å². The summed E-state index contributed by atoms with van der Waals surface area (Å²) < 4.78 is 1.82. The average molecular weight is 473 g/mol. The molecule has 0 aliphatic heterocycles. The number of nitrogens with zero attached hydrogens (tertiary/aromatic N) is 3. The van der Waals surface area contributed by atoms with Gasteiger partial charge in [0.1, 0.15) is 0 Å². The molecule has 0 aliphatic rings. The van der Waals surface area contributed by atoms with Gasteiger partial charge in [0.15, 0.2) is 0 Å².